The van der Waals surface area contributed by atoms with Crippen LogP contribution < -0.4 is 5.32 Å². The number of carbonyl (C=O) groups excluding carboxylic acids is 1. The molecular weight excluding hydrogens is 386 g/mol. The molecule has 1 fully saturated rings. The normalized spacial score (nSPS) is 20.9. The highest BCUT2D eigenvalue weighted by atomic mass is 35.5. The van der Waals surface area contributed by atoms with Crippen LogP contribution in [0.15, 0.2) is 54.6 Å². The summed E-state index contributed by atoms with van der Waals surface area (Å²) in [6.45, 7) is 3.65. The zero-order valence-corrected chi connectivity index (χ0v) is 16.7. The zero-order chi connectivity index (χ0) is 19.8. The summed E-state index contributed by atoms with van der Waals surface area (Å²) in [7, 11) is 0. The molecule has 3 aromatic rings. The molecule has 0 unspecified atom stereocenters. The largest absolute Gasteiger partial charge is 0.319 e. The molecule has 0 saturated carbocycles. The van der Waals surface area contributed by atoms with Crippen LogP contribution in [0.4, 0.5) is 5.69 Å². The minimum Gasteiger partial charge on any atom is -0.319 e. The highest BCUT2D eigenvalue weighted by Gasteiger charge is 2.39. The van der Waals surface area contributed by atoms with Gasteiger partial charge in [0.25, 0.3) is 5.91 Å². The molecule has 1 saturated heterocycles. The van der Waals surface area contributed by atoms with Crippen LogP contribution in [0.5, 0.6) is 0 Å². The van der Waals surface area contributed by atoms with Gasteiger partial charge in [-0.15, -0.1) is 10.2 Å². The van der Waals surface area contributed by atoms with Gasteiger partial charge in [-0.2, -0.15) is 0 Å². The van der Waals surface area contributed by atoms with E-state index in [1.165, 1.54) is 0 Å². The van der Waals surface area contributed by atoms with Crippen molar-refractivity contribution in [3.8, 4) is 0 Å². The molecule has 1 amide bonds. The van der Waals surface area contributed by atoms with Crippen LogP contribution in [-0.4, -0.2) is 38.7 Å². The average molecular weight is 408 g/mol. The molecule has 0 spiro atoms. The second-order valence-electron chi connectivity index (χ2n) is 7.88. The maximum Gasteiger partial charge on any atom is 0.293 e. The van der Waals surface area contributed by atoms with Crippen molar-refractivity contribution in [3.63, 3.8) is 0 Å². The number of hydrogen-bond donors (Lipinski definition) is 1. The van der Waals surface area contributed by atoms with Crippen LogP contribution >= 0.6 is 11.6 Å². The van der Waals surface area contributed by atoms with Crippen molar-refractivity contribution in [1.29, 1.82) is 0 Å². The molecule has 7 heteroatoms. The minimum atomic E-state index is -0.209. The van der Waals surface area contributed by atoms with Crippen molar-refractivity contribution in [2.75, 3.05) is 18.4 Å². The van der Waals surface area contributed by atoms with Crippen LogP contribution in [0.3, 0.4) is 0 Å². The third kappa shape index (κ3) is 3.66. The minimum absolute atomic E-state index is 0.209. The van der Waals surface area contributed by atoms with Crippen LogP contribution in [0.25, 0.3) is 0 Å². The Hall–Kier alpha value is -2.70. The molecule has 1 aromatic heterocycles. The molecule has 2 aliphatic heterocycles. The zero-order valence-electron chi connectivity index (χ0n) is 16.0. The van der Waals surface area contributed by atoms with Crippen molar-refractivity contribution < 1.29 is 4.79 Å². The first-order valence-corrected chi connectivity index (χ1v) is 10.3. The predicted molar refractivity (Wildman–Crippen MR) is 112 cm³/mol. The van der Waals surface area contributed by atoms with Crippen LogP contribution in [-0.2, 0) is 19.5 Å². The van der Waals surface area contributed by atoms with E-state index in [9.17, 15) is 4.79 Å². The third-order valence-corrected chi connectivity index (χ3v) is 6.30. The van der Waals surface area contributed by atoms with E-state index in [-0.39, 0.29) is 5.91 Å². The summed E-state index contributed by atoms with van der Waals surface area (Å²) in [5.74, 6) is 2.12. The highest BCUT2D eigenvalue weighted by molar-refractivity contribution is 6.31. The van der Waals surface area contributed by atoms with Crippen molar-refractivity contribution in [2.24, 2.45) is 11.8 Å². The molecule has 148 valence electrons. The Kier molecular flexibility index (Phi) is 4.81. The Balaban J connectivity index is 1.29. The SMILES string of the molecule is O=C(Nc1ccccc1)c1nnc2n1C[C@@H]1CN(Cc3ccccc3Cl)C[C@H]1C2. The Morgan fingerprint density at radius 3 is 2.59 bits per heavy atom. The number of nitrogens with zero attached hydrogens (tertiary/aromatic N) is 4. The standard InChI is InChI=1S/C22H22ClN5O/c23-19-9-5-4-6-15(19)11-27-12-16-10-20-25-26-21(28(20)14-17(16)13-27)22(29)24-18-7-2-1-3-8-18/h1-9,16-17H,10-14H2,(H,24,29)/t16-,17+/m1/s1. The van der Waals surface area contributed by atoms with E-state index < -0.39 is 0 Å². The Morgan fingerprint density at radius 2 is 1.76 bits per heavy atom. The van der Waals surface area contributed by atoms with Crippen molar-refractivity contribution in [2.45, 2.75) is 19.5 Å². The number of hydrogen-bond acceptors (Lipinski definition) is 4. The second kappa shape index (κ2) is 7.61. The molecule has 5 rings (SSSR count). The van der Waals surface area contributed by atoms with Crippen molar-refractivity contribution >= 4 is 23.2 Å². The lowest BCUT2D eigenvalue weighted by Gasteiger charge is -2.25. The molecular formula is C22H22ClN5O. The first kappa shape index (κ1) is 18.3. The van der Waals surface area contributed by atoms with E-state index in [4.69, 9.17) is 11.6 Å². The fourth-order valence-electron chi connectivity index (χ4n) is 4.49. The van der Waals surface area contributed by atoms with E-state index in [1.54, 1.807) is 0 Å². The highest BCUT2D eigenvalue weighted by Crippen LogP contribution is 2.34. The van der Waals surface area contributed by atoms with Gasteiger partial charge in [0.05, 0.1) is 0 Å². The summed E-state index contributed by atoms with van der Waals surface area (Å²) >= 11 is 6.34. The molecule has 0 aliphatic carbocycles. The molecule has 0 radical (unpaired) electrons. The van der Waals surface area contributed by atoms with E-state index in [0.717, 1.165) is 54.7 Å². The maximum atomic E-state index is 12.7. The number of nitrogens with one attached hydrogen (secondary N) is 1. The smallest absolute Gasteiger partial charge is 0.293 e. The lowest BCUT2D eigenvalue weighted by atomic mass is 9.89. The number of amides is 1. The number of carbonyl (C=O) groups is 1. The molecule has 2 atom stereocenters. The van der Waals surface area contributed by atoms with Gasteiger partial charge in [-0.1, -0.05) is 48.0 Å². The number of aromatic nitrogens is 3. The van der Waals surface area contributed by atoms with Gasteiger partial charge in [-0.05, 0) is 35.6 Å². The van der Waals surface area contributed by atoms with Gasteiger partial charge in [0.15, 0.2) is 0 Å². The third-order valence-electron chi connectivity index (χ3n) is 5.93. The number of rotatable bonds is 4. The fraction of sp³-hybridized carbons (Fsp3) is 0.318. The number of para-hydroxylation sites is 1. The summed E-state index contributed by atoms with van der Waals surface area (Å²) in [6.07, 6.45) is 0.856. The Morgan fingerprint density at radius 1 is 1.00 bits per heavy atom. The molecule has 29 heavy (non-hydrogen) atoms. The Labute approximate surface area is 174 Å². The fourth-order valence-corrected chi connectivity index (χ4v) is 4.69. The number of fused-ring (bicyclic) bond motifs is 2. The van der Waals surface area contributed by atoms with Crippen LogP contribution in [0.1, 0.15) is 22.0 Å². The number of benzene rings is 2. The van der Waals surface area contributed by atoms with Gasteiger partial charge < -0.3 is 9.88 Å². The predicted octanol–water partition coefficient (Wildman–Crippen LogP) is 3.49. The monoisotopic (exact) mass is 407 g/mol. The van der Waals surface area contributed by atoms with Gasteiger partial charge in [-0.3, -0.25) is 9.69 Å². The van der Waals surface area contributed by atoms with Crippen molar-refractivity contribution in [1.82, 2.24) is 19.7 Å². The van der Waals surface area contributed by atoms with Gasteiger partial charge in [0.1, 0.15) is 5.82 Å². The summed E-state index contributed by atoms with van der Waals surface area (Å²) in [5.41, 5.74) is 1.92. The first-order chi connectivity index (χ1) is 14.2. The van der Waals surface area contributed by atoms with Crippen molar-refractivity contribution in [3.05, 3.63) is 76.8 Å². The van der Waals surface area contributed by atoms with Gasteiger partial charge in [0.2, 0.25) is 5.82 Å². The number of halogens is 1. The summed E-state index contributed by atoms with van der Waals surface area (Å²) in [6, 6.07) is 17.5. The second-order valence-corrected chi connectivity index (χ2v) is 8.29. The van der Waals surface area contributed by atoms with E-state index >= 15 is 0 Å². The first-order valence-electron chi connectivity index (χ1n) is 9.91. The molecule has 6 nitrogen and oxygen atoms in total. The van der Waals surface area contributed by atoms with Crippen LogP contribution in [0.2, 0.25) is 5.02 Å². The lowest BCUT2D eigenvalue weighted by Crippen LogP contribution is -2.31. The summed E-state index contributed by atoms with van der Waals surface area (Å²) in [4.78, 5) is 15.2. The quantitative estimate of drug-likeness (QED) is 0.719. The van der Waals surface area contributed by atoms with Gasteiger partial charge in [0, 0.05) is 43.3 Å². The number of likely N-dealkylation sites (tertiary alicyclic amines) is 1. The molecule has 0 bridgehead atoms. The van der Waals surface area contributed by atoms with Gasteiger partial charge in [-0.25, -0.2) is 0 Å². The van der Waals surface area contributed by atoms with E-state index in [2.05, 4.69) is 26.5 Å². The molecule has 2 aliphatic rings. The average Bonchev–Trinajstić information content (AvgIpc) is 3.31. The summed E-state index contributed by atoms with van der Waals surface area (Å²) in [5, 5.41) is 12.2. The number of anilines is 1. The summed E-state index contributed by atoms with van der Waals surface area (Å²) < 4.78 is 2.00. The van der Waals surface area contributed by atoms with Crippen LogP contribution in [0, 0.1) is 11.8 Å². The molecule has 2 aromatic carbocycles. The van der Waals surface area contributed by atoms with E-state index in [1.807, 2.05) is 53.1 Å². The lowest BCUT2D eigenvalue weighted by molar-refractivity contribution is 0.100. The molecule has 1 N–H and O–H groups in total. The Bertz CT molecular complexity index is 1030. The maximum absolute atomic E-state index is 12.7. The van der Waals surface area contributed by atoms with E-state index in [0.29, 0.717) is 17.7 Å². The molecule has 3 heterocycles. The topological polar surface area (TPSA) is 63.1 Å². The van der Waals surface area contributed by atoms with Gasteiger partial charge >= 0.3 is 0 Å².